The predicted octanol–water partition coefficient (Wildman–Crippen LogP) is 2.94. The van der Waals surface area contributed by atoms with Crippen molar-refractivity contribution < 1.29 is 14.2 Å². The summed E-state index contributed by atoms with van der Waals surface area (Å²) in [5.74, 6) is 2.91. The first kappa shape index (κ1) is 18.4. The zero-order chi connectivity index (χ0) is 18.1. The number of benzene rings is 2. The fourth-order valence-corrected chi connectivity index (χ4v) is 2.38. The van der Waals surface area contributed by atoms with E-state index in [-0.39, 0.29) is 0 Å². The van der Waals surface area contributed by atoms with E-state index >= 15 is 0 Å². The molecule has 0 aliphatic carbocycles. The molecule has 0 saturated carbocycles. The van der Waals surface area contributed by atoms with Gasteiger partial charge in [0.1, 0.15) is 5.75 Å². The molecule has 6 nitrogen and oxygen atoms in total. The van der Waals surface area contributed by atoms with Crippen LogP contribution in [-0.2, 0) is 6.42 Å². The summed E-state index contributed by atoms with van der Waals surface area (Å²) in [5, 5.41) is 6.54. The summed E-state index contributed by atoms with van der Waals surface area (Å²) in [4.78, 5) is 4.24. The summed E-state index contributed by atoms with van der Waals surface area (Å²) in [6.07, 6.45) is 0.865. The van der Waals surface area contributed by atoms with Crippen molar-refractivity contribution in [3.63, 3.8) is 0 Å². The average Bonchev–Trinajstić information content (AvgIpc) is 2.67. The number of hydrogen-bond acceptors (Lipinski definition) is 4. The number of ether oxygens (including phenoxy) is 3. The highest BCUT2D eigenvalue weighted by molar-refractivity contribution is 5.93. The van der Waals surface area contributed by atoms with Crippen LogP contribution in [0.25, 0.3) is 0 Å². The lowest BCUT2D eigenvalue weighted by atomic mass is 10.1. The zero-order valence-electron chi connectivity index (χ0n) is 15.1. The van der Waals surface area contributed by atoms with E-state index in [1.54, 1.807) is 28.4 Å². The Morgan fingerprint density at radius 1 is 0.960 bits per heavy atom. The van der Waals surface area contributed by atoms with Crippen molar-refractivity contribution in [2.24, 2.45) is 4.99 Å². The van der Waals surface area contributed by atoms with Crippen molar-refractivity contribution in [3.8, 4) is 17.2 Å². The Hall–Kier alpha value is -2.89. The largest absolute Gasteiger partial charge is 0.497 e. The molecule has 0 amide bonds. The quantitative estimate of drug-likeness (QED) is 0.598. The minimum atomic E-state index is 0.666. The summed E-state index contributed by atoms with van der Waals surface area (Å²) in [5.41, 5.74) is 2.07. The molecule has 25 heavy (non-hydrogen) atoms. The standard InChI is InChI=1S/C19H25N3O3/c1-20-19(21-11-10-14-6-5-7-16(12-14)23-2)22-15-8-9-17(24-3)18(13-15)25-4/h5-9,12-13H,10-11H2,1-4H3,(H2,20,21,22). The molecule has 0 aliphatic heterocycles. The molecule has 0 aromatic heterocycles. The smallest absolute Gasteiger partial charge is 0.195 e. The third-order valence-corrected chi connectivity index (χ3v) is 3.71. The molecule has 0 aliphatic rings. The molecule has 2 rings (SSSR count). The number of rotatable bonds is 7. The molecule has 2 aromatic rings. The van der Waals surface area contributed by atoms with Gasteiger partial charge < -0.3 is 24.8 Å². The second kappa shape index (κ2) is 9.42. The van der Waals surface area contributed by atoms with Gasteiger partial charge in [-0.2, -0.15) is 0 Å². The van der Waals surface area contributed by atoms with Crippen LogP contribution in [-0.4, -0.2) is 40.9 Å². The molecule has 6 heteroatoms. The fraction of sp³-hybridized carbons (Fsp3) is 0.316. The first-order valence-electron chi connectivity index (χ1n) is 8.02. The van der Waals surface area contributed by atoms with Crippen molar-refractivity contribution >= 4 is 11.6 Å². The lowest BCUT2D eigenvalue weighted by molar-refractivity contribution is 0.355. The van der Waals surface area contributed by atoms with Gasteiger partial charge in [-0.3, -0.25) is 4.99 Å². The van der Waals surface area contributed by atoms with Crippen LogP contribution in [0, 0.1) is 0 Å². The van der Waals surface area contributed by atoms with Crippen molar-refractivity contribution in [2.45, 2.75) is 6.42 Å². The molecule has 0 heterocycles. The van der Waals surface area contributed by atoms with Crippen LogP contribution in [0.2, 0.25) is 0 Å². The monoisotopic (exact) mass is 343 g/mol. The minimum Gasteiger partial charge on any atom is -0.497 e. The lowest BCUT2D eigenvalue weighted by Gasteiger charge is -2.14. The Morgan fingerprint density at radius 2 is 1.76 bits per heavy atom. The SMILES string of the molecule is CN=C(NCCc1cccc(OC)c1)Nc1ccc(OC)c(OC)c1. The molecule has 0 fully saturated rings. The summed E-state index contributed by atoms with van der Waals surface area (Å²) < 4.78 is 15.8. The van der Waals surface area contributed by atoms with Gasteiger partial charge >= 0.3 is 0 Å². The maximum absolute atomic E-state index is 5.32. The van der Waals surface area contributed by atoms with Crippen LogP contribution in [0.15, 0.2) is 47.5 Å². The van der Waals surface area contributed by atoms with E-state index in [9.17, 15) is 0 Å². The van der Waals surface area contributed by atoms with Crippen molar-refractivity contribution in [3.05, 3.63) is 48.0 Å². The van der Waals surface area contributed by atoms with Gasteiger partial charge in [-0.15, -0.1) is 0 Å². The summed E-state index contributed by atoms with van der Waals surface area (Å²) in [6.45, 7) is 0.750. The van der Waals surface area contributed by atoms with Crippen LogP contribution < -0.4 is 24.8 Å². The van der Waals surface area contributed by atoms with Gasteiger partial charge in [0.25, 0.3) is 0 Å². The summed E-state index contributed by atoms with van der Waals surface area (Å²) >= 11 is 0. The third kappa shape index (κ3) is 5.31. The molecule has 2 aromatic carbocycles. The number of aliphatic imine (C=N–C) groups is 1. The molecule has 2 N–H and O–H groups in total. The molecule has 0 spiro atoms. The molecule has 0 atom stereocenters. The average molecular weight is 343 g/mol. The topological polar surface area (TPSA) is 64.1 Å². The molecule has 0 unspecified atom stereocenters. The van der Waals surface area contributed by atoms with Crippen LogP contribution in [0.1, 0.15) is 5.56 Å². The van der Waals surface area contributed by atoms with Gasteiger partial charge in [0.2, 0.25) is 0 Å². The lowest BCUT2D eigenvalue weighted by Crippen LogP contribution is -2.32. The molecule has 0 bridgehead atoms. The molecule has 0 radical (unpaired) electrons. The van der Waals surface area contributed by atoms with Gasteiger partial charge in [-0.05, 0) is 36.2 Å². The van der Waals surface area contributed by atoms with Gasteiger partial charge in [-0.25, -0.2) is 0 Å². The Labute approximate surface area is 148 Å². The maximum atomic E-state index is 5.32. The first-order chi connectivity index (χ1) is 12.2. The number of guanidine groups is 1. The van der Waals surface area contributed by atoms with Crippen LogP contribution in [0.3, 0.4) is 0 Å². The van der Waals surface area contributed by atoms with E-state index in [2.05, 4.69) is 21.7 Å². The summed E-state index contributed by atoms with van der Waals surface area (Å²) in [6, 6.07) is 13.7. The number of nitrogens with zero attached hydrogens (tertiary/aromatic N) is 1. The van der Waals surface area contributed by atoms with E-state index in [1.165, 1.54) is 5.56 Å². The first-order valence-corrected chi connectivity index (χ1v) is 8.02. The van der Waals surface area contributed by atoms with Crippen LogP contribution in [0.5, 0.6) is 17.2 Å². The highest BCUT2D eigenvalue weighted by atomic mass is 16.5. The fourth-order valence-electron chi connectivity index (χ4n) is 2.38. The third-order valence-electron chi connectivity index (χ3n) is 3.71. The second-order valence-electron chi connectivity index (χ2n) is 5.30. The number of nitrogens with one attached hydrogen (secondary N) is 2. The van der Waals surface area contributed by atoms with E-state index in [0.717, 1.165) is 24.4 Å². The van der Waals surface area contributed by atoms with Crippen molar-refractivity contribution in [2.75, 3.05) is 40.2 Å². The van der Waals surface area contributed by atoms with E-state index in [4.69, 9.17) is 14.2 Å². The van der Waals surface area contributed by atoms with Crippen LogP contribution in [0.4, 0.5) is 5.69 Å². The Balaban J connectivity index is 1.92. The van der Waals surface area contributed by atoms with E-state index in [0.29, 0.717) is 17.5 Å². The van der Waals surface area contributed by atoms with Crippen molar-refractivity contribution in [1.29, 1.82) is 0 Å². The van der Waals surface area contributed by atoms with Crippen molar-refractivity contribution in [1.82, 2.24) is 5.32 Å². The predicted molar refractivity (Wildman–Crippen MR) is 101 cm³/mol. The highest BCUT2D eigenvalue weighted by Gasteiger charge is 2.06. The maximum Gasteiger partial charge on any atom is 0.195 e. The Bertz CT molecular complexity index is 717. The molecular weight excluding hydrogens is 318 g/mol. The molecular formula is C19H25N3O3. The van der Waals surface area contributed by atoms with Gasteiger partial charge in [0.15, 0.2) is 17.5 Å². The highest BCUT2D eigenvalue weighted by Crippen LogP contribution is 2.29. The minimum absolute atomic E-state index is 0.666. The Morgan fingerprint density at radius 3 is 2.44 bits per heavy atom. The molecule has 0 saturated heterocycles. The molecule has 134 valence electrons. The second-order valence-corrected chi connectivity index (χ2v) is 5.30. The van der Waals surface area contributed by atoms with E-state index < -0.39 is 0 Å². The number of hydrogen-bond donors (Lipinski definition) is 2. The van der Waals surface area contributed by atoms with Gasteiger partial charge in [0, 0.05) is 25.3 Å². The van der Waals surface area contributed by atoms with Crippen LogP contribution >= 0.6 is 0 Å². The summed E-state index contributed by atoms with van der Waals surface area (Å²) in [7, 11) is 6.64. The number of anilines is 1. The van der Waals surface area contributed by atoms with Gasteiger partial charge in [0.05, 0.1) is 21.3 Å². The Kier molecular flexibility index (Phi) is 6.95. The zero-order valence-corrected chi connectivity index (χ0v) is 15.1. The van der Waals surface area contributed by atoms with E-state index in [1.807, 2.05) is 36.4 Å². The number of methoxy groups -OCH3 is 3. The normalized spacial score (nSPS) is 11.0. The van der Waals surface area contributed by atoms with Gasteiger partial charge in [-0.1, -0.05) is 12.1 Å².